The molecule has 2 heterocycles. The molecule has 1 N–H and O–H groups in total. The van der Waals surface area contributed by atoms with Gasteiger partial charge in [-0.3, -0.25) is 0 Å². The van der Waals surface area contributed by atoms with Crippen molar-refractivity contribution in [1.82, 2.24) is 15.5 Å². The minimum absolute atomic E-state index is 0.631. The third kappa shape index (κ3) is 2.43. The van der Waals surface area contributed by atoms with Crippen LogP contribution in [-0.4, -0.2) is 29.9 Å². The van der Waals surface area contributed by atoms with Crippen LogP contribution in [-0.2, 0) is 0 Å². The smallest absolute Gasteiger partial charge is 0.241 e. The number of nitrogens with one attached hydrogen (secondary N) is 1. The number of aromatic nitrogens is 2. The molecule has 0 aliphatic carbocycles. The summed E-state index contributed by atoms with van der Waals surface area (Å²) >= 11 is 0. The Balaban J connectivity index is 1.74. The molecule has 2 aromatic rings. The normalized spacial score (nSPS) is 16.9. The lowest BCUT2D eigenvalue weighted by atomic mass is 9.99. The number of rotatable bonds is 3. The first-order valence-electron chi connectivity index (χ1n) is 6.47. The van der Waals surface area contributed by atoms with Crippen LogP contribution in [0.4, 0.5) is 0 Å². The van der Waals surface area contributed by atoms with Crippen LogP contribution in [0.15, 0.2) is 30.5 Å². The summed E-state index contributed by atoms with van der Waals surface area (Å²) in [4.78, 5) is 0. The quantitative estimate of drug-likeness (QED) is 0.895. The monoisotopic (exact) mass is 243 g/mol. The fourth-order valence-corrected chi connectivity index (χ4v) is 2.35. The molecule has 0 radical (unpaired) electrons. The van der Waals surface area contributed by atoms with E-state index in [-0.39, 0.29) is 0 Å². The zero-order valence-corrected chi connectivity index (χ0v) is 10.3. The summed E-state index contributed by atoms with van der Waals surface area (Å²) in [5.41, 5.74) is 0. The third-order valence-corrected chi connectivity index (χ3v) is 3.45. The molecule has 0 amide bonds. The van der Waals surface area contributed by atoms with Gasteiger partial charge in [0, 0.05) is 10.8 Å². The second kappa shape index (κ2) is 5.31. The van der Waals surface area contributed by atoms with Crippen LogP contribution >= 0.6 is 0 Å². The number of piperidine rings is 1. The molecule has 1 aromatic carbocycles. The first-order valence-corrected chi connectivity index (χ1v) is 6.47. The van der Waals surface area contributed by atoms with E-state index in [1.54, 1.807) is 6.20 Å². The largest absolute Gasteiger partial charge is 0.476 e. The van der Waals surface area contributed by atoms with Crippen LogP contribution in [0.3, 0.4) is 0 Å². The Bertz CT molecular complexity index is 518. The van der Waals surface area contributed by atoms with E-state index in [1.165, 1.54) is 12.8 Å². The summed E-state index contributed by atoms with van der Waals surface area (Å²) in [6.45, 7) is 2.93. The van der Waals surface area contributed by atoms with Gasteiger partial charge >= 0.3 is 0 Å². The summed E-state index contributed by atoms with van der Waals surface area (Å²) < 4.78 is 5.86. The highest BCUT2D eigenvalue weighted by Crippen LogP contribution is 2.22. The van der Waals surface area contributed by atoms with Gasteiger partial charge in [-0.25, -0.2) is 0 Å². The van der Waals surface area contributed by atoms with Gasteiger partial charge in [0.1, 0.15) is 0 Å². The van der Waals surface area contributed by atoms with Gasteiger partial charge in [-0.1, -0.05) is 18.2 Å². The minimum Gasteiger partial charge on any atom is -0.476 e. The van der Waals surface area contributed by atoms with Crippen molar-refractivity contribution in [1.29, 1.82) is 0 Å². The molecule has 0 unspecified atom stereocenters. The zero-order chi connectivity index (χ0) is 12.2. The maximum Gasteiger partial charge on any atom is 0.241 e. The molecule has 4 nitrogen and oxygen atoms in total. The second-order valence-corrected chi connectivity index (χ2v) is 4.74. The maximum absolute atomic E-state index is 5.86. The van der Waals surface area contributed by atoms with Crippen LogP contribution in [0.5, 0.6) is 5.88 Å². The van der Waals surface area contributed by atoms with E-state index in [0.717, 1.165) is 30.5 Å². The van der Waals surface area contributed by atoms with Gasteiger partial charge < -0.3 is 10.1 Å². The molecule has 94 valence electrons. The van der Waals surface area contributed by atoms with Crippen LogP contribution in [0.25, 0.3) is 10.8 Å². The third-order valence-electron chi connectivity index (χ3n) is 3.45. The Labute approximate surface area is 106 Å². The van der Waals surface area contributed by atoms with Crippen LogP contribution in [0.1, 0.15) is 12.8 Å². The molecule has 4 heteroatoms. The molecule has 0 saturated carbocycles. The predicted octanol–water partition coefficient (Wildman–Crippen LogP) is 2.01. The van der Waals surface area contributed by atoms with Gasteiger partial charge in [0.15, 0.2) is 0 Å². The van der Waals surface area contributed by atoms with E-state index in [4.69, 9.17) is 4.74 Å². The van der Waals surface area contributed by atoms with E-state index < -0.39 is 0 Å². The fraction of sp³-hybridized carbons (Fsp3) is 0.429. The van der Waals surface area contributed by atoms with E-state index in [2.05, 4.69) is 15.5 Å². The van der Waals surface area contributed by atoms with E-state index in [0.29, 0.717) is 11.8 Å². The lowest BCUT2D eigenvalue weighted by Gasteiger charge is -2.22. The molecule has 0 atom stereocenters. The van der Waals surface area contributed by atoms with Gasteiger partial charge in [0.05, 0.1) is 12.8 Å². The molecular formula is C14H17N3O. The number of nitrogens with zero attached hydrogens (tertiary/aromatic N) is 2. The van der Waals surface area contributed by atoms with Crippen molar-refractivity contribution >= 4 is 10.8 Å². The van der Waals surface area contributed by atoms with Crippen molar-refractivity contribution in [3.8, 4) is 5.88 Å². The Morgan fingerprint density at radius 1 is 1.22 bits per heavy atom. The minimum atomic E-state index is 0.631. The summed E-state index contributed by atoms with van der Waals surface area (Å²) in [6.07, 6.45) is 4.13. The highest BCUT2D eigenvalue weighted by molar-refractivity contribution is 5.85. The van der Waals surface area contributed by atoms with Gasteiger partial charge in [0.25, 0.3) is 0 Å². The Kier molecular flexibility index (Phi) is 3.37. The number of benzene rings is 1. The molecule has 0 bridgehead atoms. The molecule has 3 rings (SSSR count). The molecule has 1 saturated heterocycles. The second-order valence-electron chi connectivity index (χ2n) is 4.74. The summed E-state index contributed by atoms with van der Waals surface area (Å²) in [5, 5.41) is 13.6. The Hall–Kier alpha value is -1.68. The molecular weight excluding hydrogens is 226 g/mol. The Morgan fingerprint density at radius 2 is 2.06 bits per heavy atom. The van der Waals surface area contributed by atoms with Crippen molar-refractivity contribution < 1.29 is 4.74 Å². The van der Waals surface area contributed by atoms with Crippen molar-refractivity contribution in [2.75, 3.05) is 19.7 Å². The molecule has 1 aromatic heterocycles. The average molecular weight is 243 g/mol. The molecule has 1 fully saturated rings. The van der Waals surface area contributed by atoms with Gasteiger partial charge in [-0.05, 0) is 37.9 Å². The van der Waals surface area contributed by atoms with Gasteiger partial charge in [0.2, 0.25) is 5.88 Å². The summed E-state index contributed by atoms with van der Waals surface area (Å²) in [5.74, 6) is 1.29. The van der Waals surface area contributed by atoms with Crippen LogP contribution in [0, 0.1) is 5.92 Å². The Morgan fingerprint density at radius 3 is 2.94 bits per heavy atom. The molecule has 18 heavy (non-hydrogen) atoms. The highest BCUT2D eigenvalue weighted by atomic mass is 16.5. The number of ether oxygens (including phenoxy) is 1. The zero-order valence-electron chi connectivity index (χ0n) is 10.3. The maximum atomic E-state index is 5.86. The van der Waals surface area contributed by atoms with Crippen molar-refractivity contribution in [2.45, 2.75) is 12.8 Å². The topological polar surface area (TPSA) is 47.0 Å². The first-order chi connectivity index (χ1) is 8.93. The molecule has 0 spiro atoms. The average Bonchev–Trinajstić information content (AvgIpc) is 2.46. The van der Waals surface area contributed by atoms with Gasteiger partial charge in [-0.2, -0.15) is 5.10 Å². The van der Waals surface area contributed by atoms with Crippen molar-refractivity contribution in [3.63, 3.8) is 0 Å². The predicted molar refractivity (Wildman–Crippen MR) is 70.6 cm³/mol. The van der Waals surface area contributed by atoms with E-state index in [1.807, 2.05) is 24.3 Å². The summed E-state index contributed by atoms with van der Waals surface area (Å²) in [6, 6.07) is 8.06. The summed E-state index contributed by atoms with van der Waals surface area (Å²) in [7, 11) is 0. The highest BCUT2D eigenvalue weighted by Gasteiger charge is 2.14. The first kappa shape index (κ1) is 11.4. The molecule has 1 aliphatic rings. The van der Waals surface area contributed by atoms with Crippen molar-refractivity contribution in [2.24, 2.45) is 5.92 Å². The molecule has 1 aliphatic heterocycles. The lowest BCUT2D eigenvalue weighted by molar-refractivity contribution is 0.209. The van der Waals surface area contributed by atoms with Gasteiger partial charge in [-0.15, -0.1) is 5.10 Å². The number of hydrogen-bond donors (Lipinski definition) is 1. The van der Waals surface area contributed by atoms with E-state index >= 15 is 0 Å². The fourth-order valence-electron chi connectivity index (χ4n) is 2.35. The lowest BCUT2D eigenvalue weighted by Crippen LogP contribution is -2.30. The standard InChI is InChI=1S/C14H17N3O/c1-2-4-13-12(3-1)9-16-17-14(13)18-10-11-5-7-15-8-6-11/h1-4,9,11,15H,5-8,10H2. The SMILES string of the molecule is c1ccc2c(OCC3CCNCC3)nncc2c1. The van der Waals surface area contributed by atoms with Crippen LogP contribution < -0.4 is 10.1 Å². The van der Waals surface area contributed by atoms with Crippen LogP contribution in [0.2, 0.25) is 0 Å². The van der Waals surface area contributed by atoms with E-state index in [9.17, 15) is 0 Å². The number of hydrogen-bond acceptors (Lipinski definition) is 4. The number of fused-ring (bicyclic) bond motifs is 1. The van der Waals surface area contributed by atoms with Crippen molar-refractivity contribution in [3.05, 3.63) is 30.5 Å².